The fourth-order valence-electron chi connectivity index (χ4n) is 2.95. The van der Waals surface area contributed by atoms with Gasteiger partial charge in [0.1, 0.15) is 6.73 Å². The predicted molar refractivity (Wildman–Crippen MR) is 58.2 cm³/mol. The molecule has 2 bridgehead atoms. The molecule has 0 radical (unpaired) electrons. The molecule has 2 rings (SSSR count). The van der Waals surface area contributed by atoms with Gasteiger partial charge in [-0.1, -0.05) is 18.6 Å². The molecule has 2 unspecified atom stereocenters. The van der Waals surface area contributed by atoms with Gasteiger partial charge in [0.25, 0.3) is 0 Å². The Hall–Kier alpha value is -0.830. The van der Waals surface area contributed by atoms with Crippen molar-refractivity contribution in [3.63, 3.8) is 0 Å². The number of rotatable bonds is 3. The average molecular weight is 209 g/mol. The summed E-state index contributed by atoms with van der Waals surface area (Å²) in [4.78, 5) is 12.0. The van der Waals surface area contributed by atoms with Gasteiger partial charge in [-0.05, 0) is 38.6 Å². The molecule has 0 heterocycles. The van der Waals surface area contributed by atoms with Gasteiger partial charge >= 0.3 is 5.97 Å². The molecule has 0 spiro atoms. The summed E-state index contributed by atoms with van der Waals surface area (Å²) in [7, 11) is 1.78. The fourth-order valence-corrected chi connectivity index (χ4v) is 2.95. The number of nitrogens with one attached hydrogen (secondary N) is 1. The highest BCUT2D eigenvalue weighted by Gasteiger charge is 2.46. The molecular formula is C12H19NO2. The monoisotopic (exact) mass is 209 g/mol. The molecule has 0 aliphatic heterocycles. The summed E-state index contributed by atoms with van der Waals surface area (Å²) in [5.74, 6) is 0.601. The van der Waals surface area contributed by atoms with Crippen LogP contribution < -0.4 is 5.32 Å². The van der Waals surface area contributed by atoms with Crippen molar-refractivity contribution in [2.45, 2.75) is 32.6 Å². The summed E-state index contributed by atoms with van der Waals surface area (Å²) < 4.78 is 5.22. The molecule has 1 N–H and O–H groups in total. The lowest BCUT2D eigenvalue weighted by atomic mass is 9.71. The molecule has 84 valence electrons. The second-order valence-corrected chi connectivity index (χ2v) is 4.97. The van der Waals surface area contributed by atoms with Gasteiger partial charge in [0, 0.05) is 0 Å². The van der Waals surface area contributed by atoms with Crippen LogP contribution in [0.3, 0.4) is 0 Å². The van der Waals surface area contributed by atoms with Crippen molar-refractivity contribution >= 4 is 5.97 Å². The maximum Gasteiger partial charge on any atom is 0.314 e. The zero-order chi connectivity index (χ0) is 10.9. The van der Waals surface area contributed by atoms with Gasteiger partial charge < -0.3 is 4.74 Å². The lowest BCUT2D eigenvalue weighted by Gasteiger charge is -2.33. The molecule has 15 heavy (non-hydrogen) atoms. The molecule has 0 saturated heterocycles. The van der Waals surface area contributed by atoms with E-state index in [1.54, 1.807) is 7.05 Å². The standard InChI is InChI=1S/C12H19NO2/c1-9-5-10-3-4-12(6-9,7-10)11(14)15-8-13-2/h3,9,13H,4-8H2,1-2H3. The van der Waals surface area contributed by atoms with E-state index in [0.717, 1.165) is 19.3 Å². The summed E-state index contributed by atoms with van der Waals surface area (Å²) >= 11 is 0. The smallest absolute Gasteiger partial charge is 0.314 e. The Morgan fingerprint density at radius 2 is 2.53 bits per heavy atom. The quantitative estimate of drug-likeness (QED) is 0.438. The van der Waals surface area contributed by atoms with Crippen molar-refractivity contribution in [3.8, 4) is 0 Å². The number of carbonyl (C=O) groups excluding carboxylic acids is 1. The summed E-state index contributed by atoms with van der Waals surface area (Å²) in [6.07, 6.45) is 6.20. The van der Waals surface area contributed by atoms with Crippen LogP contribution in [0.5, 0.6) is 0 Å². The molecule has 2 aliphatic rings. The second-order valence-electron chi connectivity index (χ2n) is 4.97. The van der Waals surface area contributed by atoms with E-state index < -0.39 is 0 Å². The highest BCUT2D eigenvalue weighted by Crippen LogP contribution is 2.50. The number of ether oxygens (including phenoxy) is 1. The van der Waals surface area contributed by atoms with Gasteiger partial charge in [-0.3, -0.25) is 10.1 Å². The summed E-state index contributed by atoms with van der Waals surface area (Å²) in [5, 5.41) is 2.84. The minimum Gasteiger partial charge on any atom is -0.449 e. The van der Waals surface area contributed by atoms with Crippen molar-refractivity contribution in [1.29, 1.82) is 0 Å². The van der Waals surface area contributed by atoms with E-state index in [2.05, 4.69) is 18.3 Å². The maximum absolute atomic E-state index is 12.0. The number of fused-ring (bicyclic) bond motifs is 2. The molecule has 2 atom stereocenters. The highest BCUT2D eigenvalue weighted by atomic mass is 16.5. The van der Waals surface area contributed by atoms with Crippen LogP contribution in [-0.4, -0.2) is 19.7 Å². The lowest BCUT2D eigenvalue weighted by molar-refractivity contribution is -0.157. The fraction of sp³-hybridized carbons (Fsp3) is 0.750. The molecule has 0 aromatic heterocycles. The van der Waals surface area contributed by atoms with E-state index in [9.17, 15) is 4.79 Å². The van der Waals surface area contributed by atoms with Crippen molar-refractivity contribution in [3.05, 3.63) is 11.6 Å². The number of carbonyl (C=O) groups is 1. The molecule has 2 aliphatic carbocycles. The number of allylic oxidation sites excluding steroid dienone is 2. The van der Waals surface area contributed by atoms with Crippen molar-refractivity contribution < 1.29 is 9.53 Å². The molecule has 0 aromatic carbocycles. The first kappa shape index (κ1) is 10.7. The Labute approximate surface area is 90.9 Å². The normalized spacial score (nSPS) is 33.7. The van der Waals surface area contributed by atoms with Gasteiger partial charge in [0.05, 0.1) is 5.41 Å². The van der Waals surface area contributed by atoms with E-state index in [-0.39, 0.29) is 11.4 Å². The Morgan fingerprint density at radius 1 is 1.73 bits per heavy atom. The maximum atomic E-state index is 12.0. The van der Waals surface area contributed by atoms with Crippen molar-refractivity contribution in [1.82, 2.24) is 5.32 Å². The first-order valence-corrected chi connectivity index (χ1v) is 5.66. The number of hydrogen-bond acceptors (Lipinski definition) is 3. The van der Waals surface area contributed by atoms with E-state index in [1.165, 1.54) is 12.0 Å². The Balaban J connectivity index is 2.04. The largest absolute Gasteiger partial charge is 0.449 e. The Morgan fingerprint density at radius 3 is 3.27 bits per heavy atom. The minimum absolute atomic E-state index is 0.0188. The average Bonchev–Trinajstić information content (AvgIpc) is 2.52. The first-order valence-electron chi connectivity index (χ1n) is 5.66. The molecule has 3 nitrogen and oxygen atoms in total. The van der Waals surface area contributed by atoms with E-state index in [1.807, 2.05) is 0 Å². The van der Waals surface area contributed by atoms with E-state index in [0.29, 0.717) is 12.6 Å². The topological polar surface area (TPSA) is 38.3 Å². The van der Waals surface area contributed by atoms with Crippen molar-refractivity contribution in [2.24, 2.45) is 11.3 Å². The van der Waals surface area contributed by atoms with Crippen LogP contribution in [0.4, 0.5) is 0 Å². The summed E-state index contributed by atoms with van der Waals surface area (Å²) in [6, 6.07) is 0. The van der Waals surface area contributed by atoms with E-state index in [4.69, 9.17) is 4.74 Å². The third kappa shape index (κ3) is 1.93. The predicted octanol–water partition coefficient (Wildman–Crippen LogP) is 1.84. The first-order chi connectivity index (χ1) is 7.16. The highest BCUT2D eigenvalue weighted by molar-refractivity contribution is 5.78. The van der Waals surface area contributed by atoms with Crippen molar-refractivity contribution in [2.75, 3.05) is 13.8 Å². The third-order valence-corrected chi connectivity index (χ3v) is 3.48. The molecule has 1 saturated carbocycles. The summed E-state index contributed by atoms with van der Waals surface area (Å²) in [5.41, 5.74) is 1.24. The van der Waals surface area contributed by atoms with Gasteiger partial charge in [-0.15, -0.1) is 0 Å². The van der Waals surface area contributed by atoms with E-state index >= 15 is 0 Å². The number of hydrogen-bond donors (Lipinski definition) is 1. The zero-order valence-corrected chi connectivity index (χ0v) is 9.51. The minimum atomic E-state index is -0.218. The van der Waals surface area contributed by atoms with Gasteiger partial charge in [0.15, 0.2) is 0 Å². The van der Waals surface area contributed by atoms with Crippen LogP contribution in [0.2, 0.25) is 0 Å². The van der Waals surface area contributed by atoms with Crippen LogP contribution in [-0.2, 0) is 9.53 Å². The van der Waals surface area contributed by atoms with Crippen LogP contribution in [0.1, 0.15) is 32.6 Å². The van der Waals surface area contributed by atoms with Gasteiger partial charge in [-0.2, -0.15) is 0 Å². The molecule has 3 heteroatoms. The summed E-state index contributed by atoms with van der Waals surface area (Å²) in [6.45, 7) is 2.54. The lowest BCUT2D eigenvalue weighted by Crippen LogP contribution is -2.36. The van der Waals surface area contributed by atoms with Crippen LogP contribution >= 0.6 is 0 Å². The molecule has 0 amide bonds. The zero-order valence-electron chi connectivity index (χ0n) is 9.51. The number of esters is 1. The van der Waals surface area contributed by atoms with Gasteiger partial charge in [-0.25, -0.2) is 0 Å². The molecule has 1 fully saturated rings. The molecule has 0 aromatic rings. The van der Waals surface area contributed by atoms with Gasteiger partial charge in [0.2, 0.25) is 0 Å². The van der Waals surface area contributed by atoms with Crippen LogP contribution in [0.25, 0.3) is 0 Å². The van der Waals surface area contributed by atoms with Crippen LogP contribution in [0.15, 0.2) is 11.6 Å². The Bertz CT molecular complexity index is 298. The SMILES string of the molecule is CNCOC(=O)C12CC=C(CC(C)C1)C2. The second kappa shape index (κ2) is 3.97. The third-order valence-electron chi connectivity index (χ3n) is 3.48. The molecular weight excluding hydrogens is 190 g/mol. The Kier molecular flexibility index (Phi) is 2.83. The van der Waals surface area contributed by atoms with Crippen LogP contribution in [0, 0.1) is 11.3 Å².